The van der Waals surface area contributed by atoms with Crippen molar-refractivity contribution >= 4 is 92.7 Å². The fourth-order valence-electron chi connectivity index (χ4n) is 15.0. The van der Waals surface area contributed by atoms with Crippen LogP contribution in [0.4, 0.5) is 0 Å². The fraction of sp³-hybridized carbons (Fsp3) is 0.327. The topological polar surface area (TPSA) is 152 Å². The van der Waals surface area contributed by atoms with Crippen LogP contribution in [-0.2, 0) is 0 Å². The zero-order valence-corrected chi connectivity index (χ0v) is 64.9. The molecule has 0 spiro atoms. The van der Waals surface area contributed by atoms with Crippen LogP contribution < -0.4 is 18.9 Å². The summed E-state index contributed by atoms with van der Waals surface area (Å²) in [5.74, 6) is 10.2. The SMILES string of the molecule is CCCCCCCCOc1cc(OCCCCCCCC)cc(-c2c3nc(cc4ccc([nH]4)c(-c4ccc(C#Cc5ccc(-c6c7nc(cc8ccc([nH]8)c(-c8cc(OCCCCCCCC)cc(OCCCCCCCC)c8)c8nc(cc9ccc6[nH]9)C=C8)C=C7)cc5)cc4)c4nc(cc5ccc2[nH]5)C=C4)C=C3)c1. The zero-order valence-electron chi connectivity index (χ0n) is 64.9. The molecule has 4 aromatic carbocycles. The van der Waals surface area contributed by atoms with Crippen molar-refractivity contribution in [3.63, 3.8) is 0 Å². The summed E-state index contributed by atoms with van der Waals surface area (Å²) in [6, 6.07) is 55.1. The summed E-state index contributed by atoms with van der Waals surface area (Å²) < 4.78 is 26.2. The van der Waals surface area contributed by atoms with Gasteiger partial charge in [0, 0.05) is 89.6 Å². The largest absolute Gasteiger partial charge is 0.493 e. The van der Waals surface area contributed by atoms with Gasteiger partial charge in [0.2, 0.25) is 0 Å². The van der Waals surface area contributed by atoms with Crippen LogP contribution in [0.2, 0.25) is 0 Å². The highest BCUT2D eigenvalue weighted by atomic mass is 16.5. The summed E-state index contributed by atoms with van der Waals surface area (Å²) in [5, 5.41) is 0. The summed E-state index contributed by atoms with van der Waals surface area (Å²) in [5.41, 5.74) is 24.0. The van der Waals surface area contributed by atoms with Gasteiger partial charge in [0.15, 0.2) is 0 Å². The van der Waals surface area contributed by atoms with Crippen molar-refractivity contribution in [2.45, 2.75) is 182 Å². The third-order valence-corrected chi connectivity index (χ3v) is 20.9. The Morgan fingerprint density at radius 3 is 0.755 bits per heavy atom. The predicted molar refractivity (Wildman–Crippen MR) is 461 cm³/mol. The maximum atomic E-state index is 6.55. The number of unbranched alkanes of at least 4 members (excludes halogenated alkanes) is 20. The zero-order chi connectivity index (χ0) is 75.1. The number of aromatic amines is 4. The Hall–Kier alpha value is -11.2. The fourth-order valence-corrected chi connectivity index (χ4v) is 15.0. The first-order valence-electron chi connectivity index (χ1n) is 41.0. The first-order valence-corrected chi connectivity index (χ1v) is 41.0. The van der Waals surface area contributed by atoms with Gasteiger partial charge in [-0.3, -0.25) is 0 Å². The van der Waals surface area contributed by atoms with E-state index < -0.39 is 0 Å². The second-order valence-electron chi connectivity index (χ2n) is 29.7. The minimum atomic E-state index is 0.660. The quantitative estimate of drug-likeness (QED) is 0.0224. The van der Waals surface area contributed by atoms with Gasteiger partial charge in [-0.15, -0.1) is 0 Å². The van der Waals surface area contributed by atoms with Crippen LogP contribution in [0.5, 0.6) is 23.0 Å². The molecule has 0 atom stereocenters. The molecule has 0 fully saturated rings. The highest BCUT2D eigenvalue weighted by Crippen LogP contribution is 2.40. The molecule has 4 N–H and O–H groups in total. The summed E-state index contributed by atoms with van der Waals surface area (Å²) >= 11 is 0. The molecule has 10 aromatic rings. The van der Waals surface area contributed by atoms with Crippen molar-refractivity contribution in [2.75, 3.05) is 26.4 Å². The van der Waals surface area contributed by atoms with Crippen molar-refractivity contribution in [1.29, 1.82) is 0 Å². The van der Waals surface area contributed by atoms with Crippen LogP contribution in [0.25, 0.3) is 137 Å². The normalized spacial score (nSPS) is 12.1. The number of H-pyrrole nitrogens is 4. The molecule has 110 heavy (non-hydrogen) atoms. The lowest BCUT2D eigenvalue weighted by Gasteiger charge is -2.14. The monoisotopic (exact) mass is 1460 g/mol. The second kappa shape index (κ2) is 38.3. The molecule has 562 valence electrons. The van der Waals surface area contributed by atoms with E-state index in [1.165, 1.54) is 103 Å². The summed E-state index contributed by atoms with van der Waals surface area (Å²) in [6.07, 6.45) is 45.6. The Morgan fingerprint density at radius 2 is 0.491 bits per heavy atom. The number of nitrogens with one attached hydrogen (secondary N) is 4. The molecule has 12 heteroatoms. The van der Waals surface area contributed by atoms with Gasteiger partial charge in [-0.25, -0.2) is 19.9 Å². The van der Waals surface area contributed by atoms with E-state index in [1.807, 2.05) is 0 Å². The molecule has 0 unspecified atom stereocenters. The van der Waals surface area contributed by atoms with E-state index in [0.717, 1.165) is 220 Å². The predicted octanol–water partition coefficient (Wildman–Crippen LogP) is 26.6. The molecule has 4 aliphatic heterocycles. The number of aromatic nitrogens is 8. The summed E-state index contributed by atoms with van der Waals surface area (Å²) in [6.45, 7) is 11.7. The highest BCUT2D eigenvalue weighted by molar-refractivity contribution is 5.96. The molecule has 0 radical (unpaired) electrons. The molecule has 10 heterocycles. The maximum absolute atomic E-state index is 6.55. The lowest BCUT2D eigenvalue weighted by molar-refractivity contribution is 0.289. The summed E-state index contributed by atoms with van der Waals surface area (Å²) in [7, 11) is 0. The van der Waals surface area contributed by atoms with E-state index in [1.54, 1.807) is 0 Å². The Balaban J connectivity index is 0.725. The van der Waals surface area contributed by atoms with Crippen LogP contribution in [0.1, 0.15) is 238 Å². The third-order valence-electron chi connectivity index (χ3n) is 20.9. The average Bonchev–Trinajstić information content (AvgIpc) is 1.58. The van der Waals surface area contributed by atoms with Gasteiger partial charge in [0.05, 0.1) is 72.0 Å². The van der Waals surface area contributed by atoms with Crippen molar-refractivity contribution < 1.29 is 18.9 Å². The van der Waals surface area contributed by atoms with E-state index in [2.05, 4.69) is 266 Å². The number of benzene rings is 4. The Morgan fingerprint density at radius 1 is 0.245 bits per heavy atom. The summed E-state index contributed by atoms with van der Waals surface area (Å²) in [4.78, 5) is 36.2. The van der Waals surface area contributed by atoms with Crippen LogP contribution in [0.3, 0.4) is 0 Å². The first-order chi connectivity index (χ1) is 54.3. The number of ether oxygens (including phenoxy) is 4. The lowest BCUT2D eigenvalue weighted by atomic mass is 10.0. The van der Waals surface area contributed by atoms with Crippen molar-refractivity contribution in [2.24, 2.45) is 0 Å². The Kier molecular flexibility index (Phi) is 26.3. The van der Waals surface area contributed by atoms with Gasteiger partial charge < -0.3 is 38.9 Å². The standard InChI is InChI=1S/C98H106N8O4/c1-5-9-13-17-21-25-55-107-83-59-73(60-84(67-83)108-56-26-22-18-14-10-6-2)97-91-51-43-79(103-91)63-75-39-47-87(99-75)95(88-48-40-76(100-88)64-80-44-52-92(97)104-80)71-35-31-69(32-36-71)29-30-70-33-37-72(38-34-70)96-89-49-41-77(101-89)65-81-45-53-93(105-81)98(94-54-46-82(106-94)66-78-42-50-90(96)102-78)74-61-85(109-57-27-23-19-15-11-7-3)68-86(62-74)110-58-28-24-20-16-12-8-4/h31-54,59-68,99,101,104,106H,5-28,55-58H2,1-4H3. The smallest absolute Gasteiger partial charge is 0.123 e. The van der Waals surface area contributed by atoms with E-state index in [-0.39, 0.29) is 0 Å². The van der Waals surface area contributed by atoms with Crippen molar-refractivity contribution in [1.82, 2.24) is 39.9 Å². The van der Waals surface area contributed by atoms with Gasteiger partial charge in [-0.1, -0.05) is 192 Å². The number of rotatable bonds is 36. The van der Waals surface area contributed by atoms with Crippen LogP contribution in [-0.4, -0.2) is 66.3 Å². The molecular formula is C98H106N8O4. The molecule has 0 saturated carbocycles. The minimum absolute atomic E-state index is 0.660. The lowest BCUT2D eigenvalue weighted by Crippen LogP contribution is -2.01. The van der Waals surface area contributed by atoms with E-state index in [0.29, 0.717) is 26.4 Å². The van der Waals surface area contributed by atoms with Crippen molar-refractivity contribution in [3.8, 4) is 79.3 Å². The number of nitrogens with zero attached hydrogens (tertiary/aromatic N) is 4. The van der Waals surface area contributed by atoms with Gasteiger partial charge in [0.1, 0.15) is 23.0 Å². The van der Waals surface area contributed by atoms with Crippen molar-refractivity contribution in [3.05, 3.63) is 214 Å². The van der Waals surface area contributed by atoms with E-state index in [4.69, 9.17) is 38.9 Å². The number of fused-ring (bicyclic) bond motifs is 16. The maximum Gasteiger partial charge on any atom is 0.123 e. The molecule has 14 rings (SSSR count). The van der Waals surface area contributed by atoms with Crippen LogP contribution in [0.15, 0.2) is 158 Å². The number of hydrogen-bond acceptors (Lipinski definition) is 8. The average molecular weight is 1460 g/mol. The number of hydrogen-bond donors (Lipinski definition) is 4. The van der Waals surface area contributed by atoms with E-state index >= 15 is 0 Å². The van der Waals surface area contributed by atoms with Crippen LogP contribution in [0, 0.1) is 11.8 Å². The molecule has 0 aliphatic carbocycles. The van der Waals surface area contributed by atoms with Gasteiger partial charge >= 0.3 is 0 Å². The van der Waals surface area contributed by atoms with Crippen LogP contribution >= 0.6 is 0 Å². The third kappa shape index (κ3) is 20.2. The molecule has 4 aliphatic rings. The second-order valence-corrected chi connectivity index (χ2v) is 29.7. The van der Waals surface area contributed by atoms with E-state index in [9.17, 15) is 0 Å². The molecule has 12 nitrogen and oxygen atoms in total. The molecule has 0 saturated heterocycles. The first kappa shape index (κ1) is 75.6. The molecule has 16 bridgehead atoms. The Bertz CT molecular complexity index is 4960. The molecule has 6 aromatic heterocycles. The van der Waals surface area contributed by atoms with Gasteiger partial charge in [0.25, 0.3) is 0 Å². The molecule has 0 amide bonds. The Labute approximate surface area is 649 Å². The molecular weight excluding hydrogens is 1350 g/mol. The minimum Gasteiger partial charge on any atom is -0.493 e. The van der Waals surface area contributed by atoms with Gasteiger partial charge in [-0.2, -0.15) is 0 Å². The highest BCUT2D eigenvalue weighted by Gasteiger charge is 2.20. The van der Waals surface area contributed by atoms with Gasteiger partial charge in [-0.05, 0) is 218 Å².